The van der Waals surface area contributed by atoms with Gasteiger partial charge in [0.2, 0.25) is 5.88 Å². The Morgan fingerprint density at radius 3 is 2.72 bits per heavy atom. The molecule has 0 radical (unpaired) electrons. The van der Waals surface area contributed by atoms with Crippen LogP contribution in [0.25, 0.3) is 11.1 Å². The van der Waals surface area contributed by atoms with Crippen molar-refractivity contribution in [3.05, 3.63) is 63.7 Å². The van der Waals surface area contributed by atoms with Gasteiger partial charge in [-0.05, 0) is 44.0 Å². The van der Waals surface area contributed by atoms with Crippen molar-refractivity contribution in [2.24, 2.45) is 0 Å². The van der Waals surface area contributed by atoms with Gasteiger partial charge in [-0.3, -0.25) is 4.79 Å². The van der Waals surface area contributed by atoms with Crippen molar-refractivity contribution < 1.29 is 4.74 Å². The first-order valence-corrected chi connectivity index (χ1v) is 8.19. The second-order valence-corrected chi connectivity index (χ2v) is 6.08. The van der Waals surface area contributed by atoms with E-state index in [1.807, 2.05) is 37.3 Å². The van der Waals surface area contributed by atoms with E-state index in [4.69, 9.17) is 4.74 Å². The topological polar surface area (TPSA) is 79.9 Å². The lowest BCUT2D eigenvalue weighted by molar-refractivity contribution is 0.458. The number of pyridine rings is 1. The molecule has 6 nitrogen and oxygen atoms in total. The van der Waals surface area contributed by atoms with Gasteiger partial charge in [-0.1, -0.05) is 12.1 Å². The Bertz CT molecular complexity index is 993. The molecule has 0 saturated carbocycles. The predicted molar refractivity (Wildman–Crippen MR) is 96.3 cm³/mol. The number of aromatic amines is 1. The van der Waals surface area contributed by atoms with Crippen LogP contribution in [-0.2, 0) is 6.42 Å². The molecule has 126 valence electrons. The molecule has 0 unspecified atom stereocenters. The van der Waals surface area contributed by atoms with Crippen LogP contribution < -0.4 is 15.6 Å². The average molecular weight is 334 g/mol. The fourth-order valence-corrected chi connectivity index (χ4v) is 3.18. The summed E-state index contributed by atoms with van der Waals surface area (Å²) in [7, 11) is 0. The SMILES string of the molecule is Cc1n[nH]c(=O)c(C)c1-c1ccc(Oc2nccc3c2CCN3)cc1. The molecule has 0 saturated heterocycles. The lowest BCUT2D eigenvalue weighted by atomic mass is 10.0. The summed E-state index contributed by atoms with van der Waals surface area (Å²) in [5, 5.41) is 9.88. The van der Waals surface area contributed by atoms with E-state index in [0.717, 1.165) is 41.0 Å². The zero-order valence-electron chi connectivity index (χ0n) is 14.1. The molecule has 2 N–H and O–H groups in total. The monoisotopic (exact) mass is 334 g/mol. The lowest BCUT2D eigenvalue weighted by Crippen LogP contribution is -2.14. The van der Waals surface area contributed by atoms with Crippen LogP contribution in [0.3, 0.4) is 0 Å². The number of benzene rings is 1. The molecule has 0 spiro atoms. The van der Waals surface area contributed by atoms with Crippen LogP contribution in [0, 0.1) is 13.8 Å². The number of H-pyrrole nitrogens is 1. The number of aryl methyl sites for hydroxylation is 1. The molecule has 3 heterocycles. The third kappa shape index (κ3) is 2.76. The van der Waals surface area contributed by atoms with Crippen LogP contribution in [0.1, 0.15) is 16.8 Å². The van der Waals surface area contributed by atoms with Gasteiger partial charge in [0.15, 0.2) is 0 Å². The number of nitrogens with zero attached hydrogens (tertiary/aromatic N) is 2. The molecule has 0 fully saturated rings. The van der Waals surface area contributed by atoms with Crippen molar-refractivity contribution >= 4 is 5.69 Å². The highest BCUT2D eigenvalue weighted by Gasteiger charge is 2.17. The van der Waals surface area contributed by atoms with Crippen molar-refractivity contribution in [3.8, 4) is 22.8 Å². The lowest BCUT2D eigenvalue weighted by Gasteiger charge is -2.11. The highest BCUT2D eigenvalue weighted by molar-refractivity contribution is 5.69. The molecular formula is C19H18N4O2. The van der Waals surface area contributed by atoms with Crippen LogP contribution in [0.15, 0.2) is 41.3 Å². The molecule has 4 rings (SSSR count). The Hall–Kier alpha value is -3.15. The van der Waals surface area contributed by atoms with Gasteiger partial charge in [-0.25, -0.2) is 10.1 Å². The van der Waals surface area contributed by atoms with Crippen LogP contribution in [0.2, 0.25) is 0 Å². The van der Waals surface area contributed by atoms with Gasteiger partial charge in [0, 0.05) is 35.1 Å². The number of ether oxygens (including phenoxy) is 1. The van der Waals surface area contributed by atoms with E-state index in [9.17, 15) is 4.79 Å². The van der Waals surface area contributed by atoms with E-state index in [0.29, 0.717) is 17.2 Å². The van der Waals surface area contributed by atoms with Gasteiger partial charge in [-0.2, -0.15) is 5.10 Å². The second-order valence-electron chi connectivity index (χ2n) is 6.08. The zero-order valence-corrected chi connectivity index (χ0v) is 14.1. The van der Waals surface area contributed by atoms with E-state index in [2.05, 4.69) is 20.5 Å². The van der Waals surface area contributed by atoms with Crippen molar-refractivity contribution in [2.75, 3.05) is 11.9 Å². The van der Waals surface area contributed by atoms with Gasteiger partial charge in [0.25, 0.3) is 5.56 Å². The predicted octanol–water partition coefficient (Wildman–Crippen LogP) is 3.21. The molecule has 0 atom stereocenters. The fourth-order valence-electron chi connectivity index (χ4n) is 3.18. The highest BCUT2D eigenvalue weighted by atomic mass is 16.5. The Morgan fingerprint density at radius 1 is 1.12 bits per heavy atom. The second kappa shape index (κ2) is 6.05. The first-order chi connectivity index (χ1) is 12.1. The van der Waals surface area contributed by atoms with Crippen molar-refractivity contribution in [1.82, 2.24) is 15.2 Å². The summed E-state index contributed by atoms with van der Waals surface area (Å²) in [6.45, 7) is 4.59. The van der Waals surface area contributed by atoms with Crippen molar-refractivity contribution in [3.63, 3.8) is 0 Å². The standard InChI is InChI=1S/C19H18N4O2/c1-11-17(12(2)22-23-18(11)24)13-3-5-14(6-4-13)25-19-15-7-9-20-16(15)8-10-21-19/h3-6,8,10,20H,7,9H2,1-2H3,(H,23,24). The number of fused-ring (bicyclic) bond motifs is 1. The first-order valence-electron chi connectivity index (χ1n) is 8.19. The molecule has 1 aromatic carbocycles. The van der Waals surface area contributed by atoms with Crippen molar-refractivity contribution in [1.29, 1.82) is 0 Å². The average Bonchev–Trinajstić information content (AvgIpc) is 3.10. The van der Waals surface area contributed by atoms with Gasteiger partial charge in [0.05, 0.1) is 5.69 Å². The summed E-state index contributed by atoms with van der Waals surface area (Å²) < 4.78 is 5.96. The maximum atomic E-state index is 11.8. The third-order valence-corrected chi connectivity index (χ3v) is 4.47. The van der Waals surface area contributed by atoms with Crippen LogP contribution in [0.4, 0.5) is 5.69 Å². The Balaban J connectivity index is 1.65. The minimum atomic E-state index is -0.169. The summed E-state index contributed by atoms with van der Waals surface area (Å²) in [6, 6.07) is 9.61. The molecule has 25 heavy (non-hydrogen) atoms. The largest absolute Gasteiger partial charge is 0.439 e. The number of aromatic nitrogens is 3. The molecule has 2 aromatic heterocycles. The smallest absolute Gasteiger partial charge is 0.267 e. The molecule has 0 amide bonds. The Morgan fingerprint density at radius 2 is 1.92 bits per heavy atom. The van der Waals surface area contributed by atoms with Gasteiger partial charge < -0.3 is 10.1 Å². The Labute approximate surface area is 144 Å². The summed E-state index contributed by atoms with van der Waals surface area (Å²) in [5.41, 5.74) is 5.28. The quantitative estimate of drug-likeness (QED) is 0.769. The van der Waals surface area contributed by atoms with E-state index in [-0.39, 0.29) is 5.56 Å². The normalized spacial score (nSPS) is 12.6. The number of anilines is 1. The number of hydrogen-bond donors (Lipinski definition) is 2. The van der Waals surface area contributed by atoms with Gasteiger partial charge in [-0.15, -0.1) is 0 Å². The molecule has 3 aromatic rings. The van der Waals surface area contributed by atoms with Crippen LogP contribution >= 0.6 is 0 Å². The number of nitrogens with one attached hydrogen (secondary N) is 2. The summed E-state index contributed by atoms with van der Waals surface area (Å²) in [5.74, 6) is 1.35. The summed E-state index contributed by atoms with van der Waals surface area (Å²) >= 11 is 0. The number of rotatable bonds is 3. The Kier molecular flexibility index (Phi) is 3.72. The van der Waals surface area contributed by atoms with E-state index in [1.165, 1.54) is 0 Å². The van der Waals surface area contributed by atoms with E-state index in [1.54, 1.807) is 13.1 Å². The first kappa shape index (κ1) is 15.4. The van der Waals surface area contributed by atoms with E-state index < -0.39 is 0 Å². The summed E-state index contributed by atoms with van der Waals surface area (Å²) in [6.07, 6.45) is 2.66. The number of hydrogen-bond acceptors (Lipinski definition) is 5. The molecule has 0 bridgehead atoms. The minimum Gasteiger partial charge on any atom is -0.439 e. The third-order valence-electron chi connectivity index (χ3n) is 4.47. The van der Waals surface area contributed by atoms with Gasteiger partial charge >= 0.3 is 0 Å². The molecule has 1 aliphatic heterocycles. The maximum Gasteiger partial charge on any atom is 0.267 e. The molecule has 6 heteroatoms. The molecular weight excluding hydrogens is 316 g/mol. The minimum absolute atomic E-state index is 0.169. The van der Waals surface area contributed by atoms with Gasteiger partial charge in [0.1, 0.15) is 5.75 Å². The summed E-state index contributed by atoms with van der Waals surface area (Å²) in [4.78, 5) is 16.2. The van der Waals surface area contributed by atoms with Crippen LogP contribution in [-0.4, -0.2) is 21.7 Å². The molecule has 0 aliphatic carbocycles. The zero-order chi connectivity index (χ0) is 17.4. The fraction of sp³-hybridized carbons (Fsp3) is 0.211. The van der Waals surface area contributed by atoms with Crippen LogP contribution in [0.5, 0.6) is 11.6 Å². The maximum absolute atomic E-state index is 11.8. The highest BCUT2D eigenvalue weighted by Crippen LogP contribution is 2.33. The molecule has 1 aliphatic rings. The van der Waals surface area contributed by atoms with Crippen molar-refractivity contribution in [2.45, 2.75) is 20.3 Å². The van der Waals surface area contributed by atoms with E-state index >= 15 is 0 Å².